The molecular weight excluding hydrogens is 434 g/mol. The Morgan fingerprint density at radius 3 is 2.56 bits per heavy atom. The lowest BCUT2D eigenvalue weighted by atomic mass is 9.64. The standard InChI is InChI=1S/C23H26N2O2.C3H5NO3/c1-4-6-7-17(5-2)15-25-12-10-23(11-13-25)19-9-8-16(3)14-18(19)21(26)20(24)22(23)27;5-2-4-1-3(6)7/h1,5-9,14,26H,10-13,15,24H2,2-3H3;2H,1H2,(H,4,5)(H,6,7)/b7-6-,17-5+;. The number of nitrogens with one attached hydrogen (secondary N) is 1. The molecule has 0 radical (unpaired) electrons. The second kappa shape index (κ2) is 11.9. The summed E-state index contributed by atoms with van der Waals surface area (Å²) < 4.78 is 0. The van der Waals surface area contributed by atoms with Crippen LogP contribution in [0.4, 0.5) is 0 Å². The number of ketones is 1. The number of carbonyl (C=O) groups excluding carboxylic acids is 2. The molecule has 2 aliphatic rings. The Bertz CT molecular complexity index is 1070. The molecule has 1 saturated heterocycles. The van der Waals surface area contributed by atoms with Crippen LogP contribution in [0.2, 0.25) is 0 Å². The van der Waals surface area contributed by atoms with Gasteiger partial charge in [0.2, 0.25) is 6.41 Å². The Kier molecular flexibility index (Phi) is 9.22. The maximum absolute atomic E-state index is 13.1. The monoisotopic (exact) mass is 465 g/mol. The van der Waals surface area contributed by atoms with Crippen LogP contribution in [0.5, 0.6) is 0 Å². The number of piperidine rings is 1. The molecule has 0 saturated carbocycles. The zero-order valence-electron chi connectivity index (χ0n) is 19.5. The first-order valence-corrected chi connectivity index (χ1v) is 10.9. The number of aliphatic hydroxyl groups is 1. The molecule has 1 fully saturated rings. The smallest absolute Gasteiger partial charge is 0.322 e. The van der Waals surface area contributed by atoms with Crippen LogP contribution < -0.4 is 11.1 Å². The van der Waals surface area contributed by atoms with Crippen LogP contribution in [0.15, 0.2) is 47.7 Å². The van der Waals surface area contributed by atoms with E-state index in [0.29, 0.717) is 24.8 Å². The van der Waals surface area contributed by atoms with Crippen molar-refractivity contribution in [3.63, 3.8) is 0 Å². The number of allylic oxidation sites excluding steroid dienone is 3. The lowest BCUT2D eigenvalue weighted by Crippen LogP contribution is -2.51. The van der Waals surface area contributed by atoms with Crippen LogP contribution in [0, 0.1) is 19.3 Å². The van der Waals surface area contributed by atoms with E-state index in [2.05, 4.69) is 16.9 Å². The lowest BCUT2D eigenvalue weighted by molar-refractivity contribution is -0.136. The largest absolute Gasteiger partial charge is 0.505 e. The highest BCUT2D eigenvalue weighted by atomic mass is 16.4. The van der Waals surface area contributed by atoms with E-state index >= 15 is 0 Å². The molecule has 0 unspecified atom stereocenters. The van der Waals surface area contributed by atoms with Crippen LogP contribution >= 0.6 is 0 Å². The summed E-state index contributed by atoms with van der Waals surface area (Å²) in [4.78, 5) is 34.3. The summed E-state index contributed by atoms with van der Waals surface area (Å²) in [6.45, 7) is 6.04. The number of nitrogens with two attached hydrogens (primary N) is 1. The van der Waals surface area contributed by atoms with Gasteiger partial charge in [0.05, 0.1) is 5.41 Å². The van der Waals surface area contributed by atoms with Crippen LogP contribution in [0.25, 0.3) is 5.76 Å². The molecule has 0 atom stereocenters. The van der Waals surface area contributed by atoms with Gasteiger partial charge in [-0.1, -0.05) is 29.7 Å². The van der Waals surface area contributed by atoms with Crippen LogP contribution in [-0.4, -0.2) is 59.5 Å². The molecule has 1 aliphatic carbocycles. The fraction of sp³-hybridized carbons (Fsp3) is 0.346. The van der Waals surface area contributed by atoms with Gasteiger partial charge in [0.25, 0.3) is 0 Å². The van der Waals surface area contributed by atoms with Gasteiger partial charge >= 0.3 is 5.97 Å². The molecule has 1 aromatic rings. The molecule has 5 N–H and O–H groups in total. The number of likely N-dealkylation sites (tertiary alicyclic amines) is 1. The number of fused-ring (bicyclic) bond motifs is 2. The van der Waals surface area contributed by atoms with Crippen molar-refractivity contribution in [2.75, 3.05) is 26.2 Å². The molecule has 0 aromatic heterocycles. The summed E-state index contributed by atoms with van der Waals surface area (Å²) in [6, 6.07) is 5.89. The third-order valence-corrected chi connectivity index (χ3v) is 6.10. The van der Waals surface area contributed by atoms with Gasteiger partial charge in [-0.15, -0.1) is 6.42 Å². The van der Waals surface area contributed by atoms with Gasteiger partial charge in [0.15, 0.2) is 5.78 Å². The summed E-state index contributed by atoms with van der Waals surface area (Å²) >= 11 is 0. The number of hydrogen-bond donors (Lipinski definition) is 4. The molecule has 1 spiro atoms. The number of carbonyl (C=O) groups is 3. The average Bonchev–Trinajstić information content (AvgIpc) is 2.84. The first-order chi connectivity index (χ1) is 16.2. The first kappa shape index (κ1) is 26.4. The van der Waals surface area contributed by atoms with Gasteiger partial charge in [-0.3, -0.25) is 19.3 Å². The number of nitrogens with zero attached hydrogens (tertiary/aromatic N) is 1. The van der Waals surface area contributed by atoms with Crippen molar-refractivity contribution < 1.29 is 24.6 Å². The van der Waals surface area contributed by atoms with Crippen molar-refractivity contribution in [3.8, 4) is 12.3 Å². The van der Waals surface area contributed by atoms with E-state index in [-0.39, 0.29) is 23.8 Å². The molecule has 0 bridgehead atoms. The topological polar surface area (TPSA) is 133 Å². The lowest BCUT2D eigenvalue weighted by Gasteiger charge is -2.44. The molecule has 34 heavy (non-hydrogen) atoms. The molecular formula is C26H31N3O5. The minimum absolute atomic E-state index is 0.00681. The number of amides is 1. The number of benzene rings is 1. The number of terminal acetylenes is 1. The second-order valence-electron chi connectivity index (χ2n) is 8.25. The molecule has 1 aliphatic heterocycles. The van der Waals surface area contributed by atoms with Gasteiger partial charge in [-0.25, -0.2) is 0 Å². The van der Waals surface area contributed by atoms with Crippen LogP contribution in [-0.2, 0) is 19.8 Å². The summed E-state index contributed by atoms with van der Waals surface area (Å²) in [5.41, 5.74) is 9.17. The predicted molar refractivity (Wildman–Crippen MR) is 131 cm³/mol. The minimum Gasteiger partial charge on any atom is -0.505 e. The number of aryl methyl sites for hydroxylation is 1. The van der Waals surface area contributed by atoms with Gasteiger partial charge in [0, 0.05) is 12.1 Å². The van der Waals surface area contributed by atoms with Crippen LogP contribution in [0.3, 0.4) is 0 Å². The van der Waals surface area contributed by atoms with E-state index in [1.165, 1.54) is 0 Å². The molecule has 180 valence electrons. The maximum Gasteiger partial charge on any atom is 0.322 e. The van der Waals surface area contributed by atoms with Crippen molar-refractivity contribution in [1.82, 2.24) is 10.2 Å². The van der Waals surface area contributed by atoms with Crippen molar-refractivity contribution >= 4 is 23.9 Å². The van der Waals surface area contributed by atoms with E-state index < -0.39 is 11.4 Å². The Balaban J connectivity index is 0.000000509. The number of aliphatic carboxylic acids is 1. The third kappa shape index (κ3) is 5.94. The Morgan fingerprint density at radius 1 is 1.35 bits per heavy atom. The second-order valence-corrected chi connectivity index (χ2v) is 8.25. The van der Waals surface area contributed by atoms with E-state index in [9.17, 15) is 19.5 Å². The first-order valence-electron chi connectivity index (χ1n) is 10.9. The van der Waals surface area contributed by atoms with E-state index in [1.807, 2.05) is 43.4 Å². The summed E-state index contributed by atoms with van der Waals surface area (Å²) in [7, 11) is 0. The summed E-state index contributed by atoms with van der Waals surface area (Å²) in [5.74, 6) is 1.26. The normalized spacial score (nSPS) is 17.6. The van der Waals surface area contributed by atoms with Gasteiger partial charge in [-0.05, 0) is 69.1 Å². The number of hydrogen-bond acceptors (Lipinski definition) is 6. The fourth-order valence-electron chi connectivity index (χ4n) is 4.28. The zero-order valence-corrected chi connectivity index (χ0v) is 19.5. The van der Waals surface area contributed by atoms with E-state index in [0.717, 1.165) is 36.3 Å². The van der Waals surface area contributed by atoms with Crippen molar-refractivity contribution in [2.24, 2.45) is 5.73 Å². The summed E-state index contributed by atoms with van der Waals surface area (Å²) in [5, 5.41) is 20.2. The molecule has 1 amide bonds. The highest BCUT2D eigenvalue weighted by Crippen LogP contribution is 2.45. The third-order valence-electron chi connectivity index (χ3n) is 6.10. The summed E-state index contributed by atoms with van der Waals surface area (Å²) in [6.07, 6.45) is 12.7. The molecule has 1 aromatic carbocycles. The predicted octanol–water partition coefficient (Wildman–Crippen LogP) is 2.05. The highest BCUT2D eigenvalue weighted by molar-refractivity contribution is 6.10. The van der Waals surface area contributed by atoms with Crippen molar-refractivity contribution in [1.29, 1.82) is 0 Å². The Morgan fingerprint density at radius 2 is 2.03 bits per heavy atom. The van der Waals surface area contributed by atoms with Gasteiger partial charge < -0.3 is 21.3 Å². The molecule has 8 nitrogen and oxygen atoms in total. The van der Waals surface area contributed by atoms with Crippen molar-refractivity contribution in [3.05, 3.63) is 64.4 Å². The van der Waals surface area contributed by atoms with Gasteiger partial charge in [0.1, 0.15) is 18.0 Å². The number of carboxylic acids is 1. The van der Waals surface area contributed by atoms with Crippen molar-refractivity contribution in [2.45, 2.75) is 32.1 Å². The Labute approximate surface area is 199 Å². The van der Waals surface area contributed by atoms with E-state index in [1.54, 1.807) is 6.08 Å². The SMILES string of the molecule is C#C/C=C\C(=C/C)CN1CCC2(CC1)C(=O)C(N)=C(O)c1cc(C)ccc12.O=CNCC(=O)O. The molecule has 1 heterocycles. The van der Waals surface area contributed by atoms with Gasteiger partial charge in [-0.2, -0.15) is 0 Å². The number of aliphatic hydroxyl groups excluding tert-OH is 1. The molecule has 8 heteroatoms. The minimum atomic E-state index is -1.04. The number of Topliss-reactive ketones (excluding diaryl/α,β-unsaturated/α-hetero) is 1. The highest BCUT2D eigenvalue weighted by Gasteiger charge is 2.48. The Hall–Kier alpha value is -3.83. The van der Waals surface area contributed by atoms with Crippen LogP contribution in [0.1, 0.15) is 36.5 Å². The maximum atomic E-state index is 13.1. The number of rotatable bonds is 6. The zero-order chi connectivity index (χ0) is 25.3. The molecule has 3 rings (SSSR count). The quantitative estimate of drug-likeness (QED) is 0.287. The fourth-order valence-corrected chi connectivity index (χ4v) is 4.28. The van der Waals surface area contributed by atoms with E-state index in [4.69, 9.17) is 17.3 Å². The average molecular weight is 466 g/mol. The number of carboxylic acid groups (broad SMARTS) is 1.